The zero-order valence-corrected chi connectivity index (χ0v) is 16.4. The number of nitrogen functional groups attached to an aromatic ring is 1. The summed E-state index contributed by atoms with van der Waals surface area (Å²) in [6.07, 6.45) is 7.10. The summed E-state index contributed by atoms with van der Waals surface area (Å²) in [4.78, 5) is 16.1. The largest absolute Gasteiger partial charge is 0.486 e. The van der Waals surface area contributed by atoms with Crippen LogP contribution >= 0.6 is 11.6 Å². The number of anilines is 1. The lowest BCUT2D eigenvalue weighted by molar-refractivity contribution is -0.116. The van der Waals surface area contributed by atoms with E-state index in [0.717, 1.165) is 22.3 Å². The fourth-order valence-electron chi connectivity index (χ4n) is 3.34. The first-order chi connectivity index (χ1) is 14.1. The molecule has 6 heteroatoms. The Labute approximate surface area is 174 Å². The van der Waals surface area contributed by atoms with E-state index in [0.29, 0.717) is 29.4 Å². The summed E-state index contributed by atoms with van der Waals surface area (Å²) in [6, 6.07) is 15.3. The highest BCUT2D eigenvalue weighted by Gasteiger charge is 2.26. The average Bonchev–Trinajstić information content (AvgIpc) is 3.15. The third-order valence-electron chi connectivity index (χ3n) is 4.74. The van der Waals surface area contributed by atoms with E-state index < -0.39 is 0 Å². The molecule has 3 aromatic rings. The normalized spacial score (nSPS) is 15.1. The molecule has 0 saturated carbocycles. The molecule has 1 aliphatic heterocycles. The maximum Gasteiger partial charge on any atom is 0.244 e. The zero-order valence-electron chi connectivity index (χ0n) is 15.6. The molecule has 0 saturated heterocycles. The molecule has 29 heavy (non-hydrogen) atoms. The Morgan fingerprint density at radius 2 is 2.14 bits per heavy atom. The third kappa shape index (κ3) is 4.41. The van der Waals surface area contributed by atoms with Gasteiger partial charge in [0.25, 0.3) is 0 Å². The number of amides is 1. The van der Waals surface area contributed by atoms with E-state index in [9.17, 15) is 4.79 Å². The number of hydrogen-bond donors (Lipinski definition) is 2. The van der Waals surface area contributed by atoms with E-state index >= 15 is 0 Å². The molecule has 146 valence electrons. The smallest absolute Gasteiger partial charge is 0.244 e. The van der Waals surface area contributed by atoms with E-state index in [1.54, 1.807) is 18.5 Å². The highest BCUT2D eigenvalue weighted by molar-refractivity contribution is 6.32. The number of nitrogens with zero attached hydrogens (tertiary/aromatic N) is 1. The van der Waals surface area contributed by atoms with Crippen molar-refractivity contribution in [1.82, 2.24) is 10.3 Å². The fraction of sp³-hybridized carbons (Fsp3) is 0.130. The second-order valence-electron chi connectivity index (χ2n) is 6.84. The number of rotatable bonds is 5. The quantitative estimate of drug-likeness (QED) is 0.494. The van der Waals surface area contributed by atoms with Gasteiger partial charge in [0.15, 0.2) is 0 Å². The molecule has 5 nitrogen and oxygen atoms in total. The van der Waals surface area contributed by atoms with Gasteiger partial charge >= 0.3 is 0 Å². The molecule has 0 bridgehead atoms. The molecular weight excluding hydrogens is 386 g/mol. The van der Waals surface area contributed by atoms with Crippen molar-refractivity contribution in [2.24, 2.45) is 0 Å². The van der Waals surface area contributed by atoms with Crippen LogP contribution in [-0.4, -0.2) is 23.5 Å². The fourth-order valence-corrected chi connectivity index (χ4v) is 3.62. The van der Waals surface area contributed by atoms with Gasteiger partial charge in [0.2, 0.25) is 5.91 Å². The van der Waals surface area contributed by atoms with Gasteiger partial charge in [0.1, 0.15) is 11.9 Å². The Morgan fingerprint density at radius 1 is 1.28 bits per heavy atom. The van der Waals surface area contributed by atoms with Crippen LogP contribution in [0.25, 0.3) is 17.2 Å². The minimum Gasteiger partial charge on any atom is -0.486 e. The first-order valence-corrected chi connectivity index (χ1v) is 9.68. The number of aromatic nitrogens is 1. The number of nitrogens with one attached hydrogen (secondary N) is 1. The molecule has 4 rings (SSSR count). The van der Waals surface area contributed by atoms with Crippen molar-refractivity contribution < 1.29 is 9.53 Å². The number of nitrogens with two attached hydrogens (primary N) is 1. The number of hydrogen-bond acceptors (Lipinski definition) is 4. The molecule has 1 atom stereocenters. The first kappa shape index (κ1) is 19.0. The summed E-state index contributed by atoms with van der Waals surface area (Å²) in [5.74, 6) is 0.493. The Kier molecular flexibility index (Phi) is 5.49. The third-order valence-corrected chi connectivity index (χ3v) is 5.02. The van der Waals surface area contributed by atoms with Crippen LogP contribution in [0.2, 0.25) is 5.02 Å². The average molecular weight is 406 g/mol. The van der Waals surface area contributed by atoms with Gasteiger partial charge < -0.3 is 15.8 Å². The lowest BCUT2D eigenvalue weighted by Gasteiger charge is -2.11. The van der Waals surface area contributed by atoms with Crippen LogP contribution in [0.1, 0.15) is 11.1 Å². The summed E-state index contributed by atoms with van der Waals surface area (Å²) in [5.41, 5.74) is 10.6. The minimum atomic E-state index is -0.183. The van der Waals surface area contributed by atoms with Crippen LogP contribution in [0.5, 0.6) is 5.75 Å². The topological polar surface area (TPSA) is 77.2 Å². The van der Waals surface area contributed by atoms with Crippen molar-refractivity contribution in [2.75, 3.05) is 12.3 Å². The number of carbonyl (C=O) groups excluding carboxylic acids is 1. The molecule has 2 heterocycles. The minimum absolute atomic E-state index is 0.165. The van der Waals surface area contributed by atoms with Crippen LogP contribution in [-0.2, 0) is 11.2 Å². The molecule has 0 aliphatic carbocycles. The second-order valence-corrected chi connectivity index (χ2v) is 7.25. The van der Waals surface area contributed by atoms with Crippen molar-refractivity contribution in [3.05, 3.63) is 83.2 Å². The summed E-state index contributed by atoms with van der Waals surface area (Å²) in [5, 5.41) is 3.42. The number of benzene rings is 2. The monoisotopic (exact) mass is 405 g/mol. The van der Waals surface area contributed by atoms with Gasteiger partial charge in [-0.15, -0.1) is 0 Å². The van der Waals surface area contributed by atoms with Crippen molar-refractivity contribution in [1.29, 1.82) is 0 Å². The number of halogens is 1. The van der Waals surface area contributed by atoms with Gasteiger partial charge in [-0.1, -0.05) is 35.9 Å². The van der Waals surface area contributed by atoms with Crippen LogP contribution in [0.3, 0.4) is 0 Å². The van der Waals surface area contributed by atoms with Gasteiger partial charge in [0.05, 0.1) is 11.6 Å². The molecule has 1 amide bonds. The Balaban J connectivity index is 1.40. The number of carbonyl (C=O) groups is 1. The van der Waals surface area contributed by atoms with Crippen LogP contribution in [0, 0.1) is 0 Å². The predicted molar refractivity (Wildman–Crippen MR) is 116 cm³/mol. The highest BCUT2D eigenvalue weighted by Crippen LogP contribution is 2.40. The molecular formula is C23H20ClN3O2. The summed E-state index contributed by atoms with van der Waals surface area (Å²) >= 11 is 6.45. The van der Waals surface area contributed by atoms with Crippen LogP contribution in [0.4, 0.5) is 5.69 Å². The Bertz CT molecular complexity index is 1070. The van der Waals surface area contributed by atoms with Crippen molar-refractivity contribution in [2.45, 2.75) is 12.5 Å². The van der Waals surface area contributed by atoms with E-state index in [2.05, 4.69) is 16.4 Å². The Hall–Kier alpha value is -3.31. The number of para-hydroxylation sites is 1. The first-order valence-electron chi connectivity index (χ1n) is 9.30. The van der Waals surface area contributed by atoms with E-state index in [1.165, 1.54) is 6.08 Å². The molecule has 0 fully saturated rings. The van der Waals surface area contributed by atoms with Gasteiger partial charge in [0, 0.05) is 41.7 Å². The van der Waals surface area contributed by atoms with E-state index in [4.69, 9.17) is 22.1 Å². The molecule has 2 aromatic carbocycles. The number of fused-ring (bicyclic) bond motifs is 1. The SMILES string of the molecule is Nc1ccccc1-c1cc(Cl)c2c(c1)CC(CNC(=O)C=Cc1cccnc1)O2. The number of ether oxygens (including phenoxy) is 1. The van der Waals surface area contributed by atoms with Gasteiger partial charge in [-0.25, -0.2) is 0 Å². The molecule has 1 aliphatic rings. The van der Waals surface area contributed by atoms with Crippen molar-refractivity contribution in [3.8, 4) is 16.9 Å². The molecule has 0 spiro atoms. The zero-order chi connectivity index (χ0) is 20.2. The van der Waals surface area contributed by atoms with E-state index in [-0.39, 0.29) is 12.0 Å². The van der Waals surface area contributed by atoms with Crippen molar-refractivity contribution >= 4 is 29.3 Å². The lowest BCUT2D eigenvalue weighted by atomic mass is 9.99. The van der Waals surface area contributed by atoms with E-state index in [1.807, 2.05) is 42.5 Å². The van der Waals surface area contributed by atoms with Gasteiger partial charge in [-0.3, -0.25) is 9.78 Å². The summed E-state index contributed by atoms with van der Waals surface area (Å²) < 4.78 is 5.96. The van der Waals surface area contributed by atoms with Crippen LogP contribution in [0.15, 0.2) is 67.0 Å². The maximum absolute atomic E-state index is 12.1. The molecule has 3 N–H and O–H groups in total. The molecule has 1 aromatic heterocycles. The summed E-state index contributed by atoms with van der Waals surface area (Å²) in [6.45, 7) is 0.393. The maximum atomic E-state index is 12.1. The standard InChI is InChI=1S/C23H20ClN3O2/c24-20-12-16(19-5-1-2-6-21(19)25)10-17-11-18(29-23(17)20)14-27-22(28)8-7-15-4-3-9-26-13-15/h1-10,12-13,18H,11,14,25H2,(H,27,28). The molecule has 1 unspecified atom stereocenters. The second kappa shape index (κ2) is 8.37. The Morgan fingerprint density at radius 3 is 2.93 bits per heavy atom. The summed E-state index contributed by atoms with van der Waals surface area (Å²) in [7, 11) is 0. The van der Waals surface area contributed by atoms with Crippen molar-refractivity contribution in [3.63, 3.8) is 0 Å². The predicted octanol–water partition coefficient (Wildman–Crippen LogP) is 4.12. The van der Waals surface area contributed by atoms with Crippen LogP contribution < -0.4 is 15.8 Å². The molecule has 0 radical (unpaired) electrons. The lowest BCUT2D eigenvalue weighted by Crippen LogP contribution is -2.33. The highest BCUT2D eigenvalue weighted by atomic mass is 35.5. The van der Waals surface area contributed by atoms with Gasteiger partial charge in [-0.2, -0.15) is 0 Å². The van der Waals surface area contributed by atoms with Gasteiger partial charge in [-0.05, 0) is 41.5 Å². The number of pyridine rings is 1.